The van der Waals surface area contributed by atoms with Crippen molar-refractivity contribution in [2.24, 2.45) is 4.40 Å². The second-order valence-electron chi connectivity index (χ2n) is 4.62. The van der Waals surface area contributed by atoms with Crippen molar-refractivity contribution in [3.8, 4) is 0 Å². The molecule has 1 aromatic rings. The zero-order chi connectivity index (χ0) is 13.5. The molecule has 0 aromatic heterocycles. The van der Waals surface area contributed by atoms with Gasteiger partial charge in [-0.3, -0.25) is 0 Å². The van der Waals surface area contributed by atoms with Crippen molar-refractivity contribution in [3.05, 3.63) is 23.3 Å². The standard InChI is InChI=1S/C12H16N2O2S2/c1-7(2)17-12-13-10-6-8(3)5-9(4)11(10)18(15,16)14-12/h5-7H,1-4H3,(H,13,14). The van der Waals surface area contributed by atoms with Crippen molar-refractivity contribution in [3.63, 3.8) is 0 Å². The van der Waals surface area contributed by atoms with Gasteiger partial charge in [-0.2, -0.15) is 8.42 Å². The van der Waals surface area contributed by atoms with Gasteiger partial charge >= 0.3 is 0 Å². The van der Waals surface area contributed by atoms with E-state index in [-0.39, 0.29) is 5.25 Å². The second kappa shape index (κ2) is 4.59. The molecule has 0 spiro atoms. The molecule has 18 heavy (non-hydrogen) atoms. The Labute approximate surface area is 112 Å². The van der Waals surface area contributed by atoms with Crippen molar-refractivity contribution < 1.29 is 8.42 Å². The Kier molecular flexibility index (Phi) is 3.42. The summed E-state index contributed by atoms with van der Waals surface area (Å²) in [5.74, 6) is 0. The smallest absolute Gasteiger partial charge is 0.287 e. The summed E-state index contributed by atoms with van der Waals surface area (Å²) >= 11 is 1.41. The lowest BCUT2D eigenvalue weighted by molar-refractivity contribution is 0.597. The maximum Gasteiger partial charge on any atom is 0.287 e. The van der Waals surface area contributed by atoms with Gasteiger partial charge in [-0.25, -0.2) is 0 Å². The molecular weight excluding hydrogens is 268 g/mol. The van der Waals surface area contributed by atoms with Crippen LogP contribution in [0.4, 0.5) is 5.69 Å². The van der Waals surface area contributed by atoms with E-state index in [0.29, 0.717) is 15.8 Å². The van der Waals surface area contributed by atoms with Gasteiger partial charge in [0.25, 0.3) is 10.0 Å². The van der Waals surface area contributed by atoms with Crippen molar-refractivity contribution in [2.45, 2.75) is 37.8 Å². The van der Waals surface area contributed by atoms with Gasteiger partial charge in [0, 0.05) is 5.25 Å². The molecule has 0 amide bonds. The molecule has 0 aliphatic carbocycles. The molecule has 0 bridgehead atoms. The molecule has 0 radical (unpaired) electrons. The van der Waals surface area contributed by atoms with Crippen LogP contribution in [0.5, 0.6) is 0 Å². The predicted octanol–water partition coefficient (Wildman–Crippen LogP) is 2.92. The molecule has 0 unspecified atom stereocenters. The molecule has 0 saturated carbocycles. The highest BCUT2D eigenvalue weighted by Crippen LogP contribution is 2.33. The Bertz CT molecular complexity index is 619. The van der Waals surface area contributed by atoms with Crippen molar-refractivity contribution >= 4 is 32.6 Å². The molecule has 4 nitrogen and oxygen atoms in total. The number of fused-ring (bicyclic) bond motifs is 1. The fourth-order valence-corrected chi connectivity index (χ4v) is 4.25. The van der Waals surface area contributed by atoms with Gasteiger partial charge in [0.15, 0.2) is 5.17 Å². The number of hydrogen-bond acceptors (Lipinski definition) is 4. The highest BCUT2D eigenvalue weighted by atomic mass is 32.2. The molecule has 0 atom stereocenters. The number of sulfonamides is 1. The topological polar surface area (TPSA) is 58.5 Å². The number of anilines is 1. The van der Waals surface area contributed by atoms with E-state index in [1.54, 1.807) is 6.92 Å². The lowest BCUT2D eigenvalue weighted by Gasteiger charge is -2.20. The average molecular weight is 284 g/mol. The Morgan fingerprint density at radius 1 is 1.28 bits per heavy atom. The van der Waals surface area contributed by atoms with E-state index >= 15 is 0 Å². The molecule has 0 saturated heterocycles. The van der Waals surface area contributed by atoms with Gasteiger partial charge in [0.2, 0.25) is 0 Å². The molecule has 1 aromatic carbocycles. The fraction of sp³-hybridized carbons (Fsp3) is 0.417. The third-order valence-corrected chi connectivity index (χ3v) is 4.95. The Morgan fingerprint density at radius 2 is 1.94 bits per heavy atom. The maximum atomic E-state index is 12.2. The van der Waals surface area contributed by atoms with Crippen LogP contribution in [-0.4, -0.2) is 18.8 Å². The largest absolute Gasteiger partial charge is 0.333 e. The zero-order valence-corrected chi connectivity index (χ0v) is 12.4. The van der Waals surface area contributed by atoms with Crippen molar-refractivity contribution in [1.29, 1.82) is 0 Å². The van der Waals surface area contributed by atoms with E-state index in [2.05, 4.69) is 9.71 Å². The summed E-state index contributed by atoms with van der Waals surface area (Å²) in [7, 11) is -3.58. The molecular formula is C12H16N2O2S2. The summed E-state index contributed by atoms with van der Waals surface area (Å²) in [6.07, 6.45) is 0. The lowest BCUT2D eigenvalue weighted by atomic mass is 10.1. The minimum absolute atomic E-state index is 0.277. The van der Waals surface area contributed by atoms with Gasteiger partial charge < -0.3 is 5.32 Å². The normalized spacial score (nSPS) is 17.1. The minimum atomic E-state index is -3.58. The number of rotatable bonds is 1. The third kappa shape index (κ3) is 2.54. The van der Waals surface area contributed by atoms with E-state index in [0.717, 1.165) is 11.1 Å². The molecule has 6 heteroatoms. The van der Waals surface area contributed by atoms with Crippen LogP contribution in [0.15, 0.2) is 21.4 Å². The Hall–Kier alpha value is -1.01. The van der Waals surface area contributed by atoms with E-state index in [1.807, 2.05) is 32.9 Å². The Balaban J connectivity index is 2.55. The molecule has 0 fully saturated rings. The summed E-state index contributed by atoms with van der Waals surface area (Å²) < 4.78 is 28.1. The van der Waals surface area contributed by atoms with Crippen molar-refractivity contribution in [1.82, 2.24) is 0 Å². The summed E-state index contributed by atoms with van der Waals surface area (Å²) in [6.45, 7) is 7.74. The monoisotopic (exact) mass is 284 g/mol. The van der Waals surface area contributed by atoms with Crippen LogP contribution in [0.2, 0.25) is 0 Å². The molecule has 1 N–H and O–H groups in total. The highest BCUT2D eigenvalue weighted by Gasteiger charge is 2.27. The number of thioether (sulfide) groups is 1. The average Bonchev–Trinajstić information content (AvgIpc) is 2.11. The van der Waals surface area contributed by atoms with E-state index < -0.39 is 10.0 Å². The second-order valence-corrected chi connectivity index (χ2v) is 7.73. The van der Waals surface area contributed by atoms with Crippen LogP contribution in [0, 0.1) is 13.8 Å². The number of nitrogens with one attached hydrogen (secondary N) is 1. The molecule has 1 aliphatic rings. The van der Waals surface area contributed by atoms with Gasteiger partial charge in [-0.15, -0.1) is 4.40 Å². The number of nitrogens with zero attached hydrogens (tertiary/aromatic N) is 1. The summed E-state index contributed by atoms with van der Waals surface area (Å²) in [5, 5.41) is 3.82. The van der Waals surface area contributed by atoms with Gasteiger partial charge in [0.05, 0.1) is 5.69 Å². The van der Waals surface area contributed by atoms with Crippen LogP contribution in [0.25, 0.3) is 0 Å². The molecule has 2 rings (SSSR count). The first kappa shape index (κ1) is 13.4. The molecule has 1 aliphatic heterocycles. The zero-order valence-electron chi connectivity index (χ0n) is 10.8. The quantitative estimate of drug-likeness (QED) is 0.861. The van der Waals surface area contributed by atoms with Crippen LogP contribution in [0.1, 0.15) is 25.0 Å². The molecule has 98 valence electrons. The number of amidine groups is 1. The number of aryl methyl sites for hydroxylation is 2. The maximum absolute atomic E-state index is 12.2. The van der Waals surface area contributed by atoms with Crippen LogP contribution < -0.4 is 5.32 Å². The first-order valence-electron chi connectivity index (χ1n) is 5.69. The highest BCUT2D eigenvalue weighted by molar-refractivity contribution is 8.15. The van der Waals surface area contributed by atoms with E-state index in [9.17, 15) is 8.42 Å². The first-order valence-corrected chi connectivity index (χ1v) is 8.01. The summed E-state index contributed by atoms with van der Waals surface area (Å²) in [6, 6.07) is 3.70. The van der Waals surface area contributed by atoms with Crippen LogP contribution >= 0.6 is 11.8 Å². The molecule has 1 heterocycles. The van der Waals surface area contributed by atoms with Gasteiger partial charge in [0.1, 0.15) is 4.90 Å². The summed E-state index contributed by atoms with van der Waals surface area (Å²) in [4.78, 5) is 0.293. The lowest BCUT2D eigenvalue weighted by Crippen LogP contribution is -2.21. The minimum Gasteiger partial charge on any atom is -0.333 e. The van der Waals surface area contributed by atoms with Crippen molar-refractivity contribution in [2.75, 3.05) is 5.32 Å². The van der Waals surface area contributed by atoms with E-state index in [1.165, 1.54) is 11.8 Å². The predicted molar refractivity (Wildman–Crippen MR) is 76.9 cm³/mol. The summed E-state index contributed by atoms with van der Waals surface area (Å²) in [5.41, 5.74) is 2.39. The van der Waals surface area contributed by atoms with Gasteiger partial charge in [-0.1, -0.05) is 31.7 Å². The SMILES string of the molecule is Cc1cc(C)c2c(c1)NC(SC(C)C)=NS2(=O)=O. The van der Waals surface area contributed by atoms with Crippen LogP contribution in [0.3, 0.4) is 0 Å². The van der Waals surface area contributed by atoms with Gasteiger partial charge in [-0.05, 0) is 31.0 Å². The number of benzene rings is 1. The Morgan fingerprint density at radius 3 is 2.56 bits per heavy atom. The van der Waals surface area contributed by atoms with E-state index in [4.69, 9.17) is 0 Å². The number of hydrogen-bond donors (Lipinski definition) is 1. The first-order chi connectivity index (χ1) is 8.29. The van der Waals surface area contributed by atoms with Crippen LogP contribution in [-0.2, 0) is 10.0 Å². The third-order valence-electron chi connectivity index (χ3n) is 2.47. The fourth-order valence-electron chi connectivity index (χ4n) is 1.96.